The van der Waals surface area contributed by atoms with Crippen LogP contribution in [-0.4, -0.2) is 29.6 Å². The van der Waals surface area contributed by atoms with Crippen molar-refractivity contribution in [3.63, 3.8) is 0 Å². The van der Waals surface area contributed by atoms with Gasteiger partial charge in [-0.25, -0.2) is 0 Å². The number of aliphatic imine (C=N–C) groups is 1. The van der Waals surface area contributed by atoms with Gasteiger partial charge in [-0.15, -0.1) is 6.58 Å². The van der Waals surface area contributed by atoms with Crippen LogP contribution in [0, 0.1) is 0 Å². The Morgan fingerprint density at radius 3 is 3.06 bits per heavy atom. The van der Waals surface area contributed by atoms with E-state index < -0.39 is 5.41 Å². The van der Waals surface area contributed by atoms with Crippen LogP contribution in [0.4, 0.5) is 5.69 Å². The molecule has 0 bridgehead atoms. The van der Waals surface area contributed by atoms with Crippen molar-refractivity contribution in [2.45, 2.75) is 18.8 Å². The molecular formula is C15H16N2O. The predicted octanol–water partition coefficient (Wildman–Crippen LogP) is 2.45. The number of fused-ring (bicyclic) bond motifs is 2. The largest absolute Gasteiger partial charge is 0.338 e. The molecule has 2 aliphatic rings. The van der Waals surface area contributed by atoms with Gasteiger partial charge in [0.2, 0.25) is 5.91 Å². The van der Waals surface area contributed by atoms with E-state index in [-0.39, 0.29) is 5.91 Å². The summed E-state index contributed by atoms with van der Waals surface area (Å²) in [5.74, 6) is 0.175. The smallest absolute Gasteiger partial charge is 0.239 e. The number of para-hydroxylation sites is 1. The number of carbonyl (C=O) groups is 1. The molecule has 1 unspecified atom stereocenters. The molecule has 1 saturated heterocycles. The molecular weight excluding hydrogens is 224 g/mol. The lowest BCUT2D eigenvalue weighted by Crippen LogP contribution is -2.41. The lowest BCUT2D eigenvalue weighted by Gasteiger charge is -2.24. The van der Waals surface area contributed by atoms with E-state index >= 15 is 0 Å². The van der Waals surface area contributed by atoms with Gasteiger partial charge >= 0.3 is 0 Å². The third-order valence-corrected chi connectivity index (χ3v) is 4.03. The molecule has 2 aliphatic heterocycles. The summed E-state index contributed by atoms with van der Waals surface area (Å²) in [5.41, 5.74) is 2.45. The Labute approximate surface area is 107 Å². The summed E-state index contributed by atoms with van der Waals surface area (Å²) >= 11 is 0. The van der Waals surface area contributed by atoms with Crippen molar-refractivity contribution in [2.24, 2.45) is 4.99 Å². The molecule has 1 amide bonds. The van der Waals surface area contributed by atoms with Gasteiger partial charge in [0.25, 0.3) is 0 Å². The van der Waals surface area contributed by atoms with Crippen LogP contribution in [-0.2, 0) is 10.2 Å². The molecule has 1 aromatic rings. The summed E-state index contributed by atoms with van der Waals surface area (Å²) in [5, 5.41) is 0. The van der Waals surface area contributed by atoms with Crippen molar-refractivity contribution in [3.8, 4) is 0 Å². The molecule has 0 radical (unpaired) electrons. The lowest BCUT2D eigenvalue weighted by atomic mass is 9.76. The molecule has 3 rings (SSSR count). The number of carbonyl (C=O) groups excluding carboxylic acids is 1. The molecule has 3 nitrogen and oxygen atoms in total. The van der Waals surface area contributed by atoms with E-state index in [2.05, 4.69) is 11.6 Å². The number of hydrogen-bond acceptors (Lipinski definition) is 2. The first-order chi connectivity index (χ1) is 8.70. The predicted molar refractivity (Wildman–Crippen MR) is 72.3 cm³/mol. The molecule has 0 N–H and O–H groups in total. The molecule has 1 atom stereocenters. The number of benzene rings is 1. The summed E-state index contributed by atoms with van der Waals surface area (Å²) in [4.78, 5) is 19.1. The van der Waals surface area contributed by atoms with Crippen molar-refractivity contribution in [1.82, 2.24) is 4.90 Å². The van der Waals surface area contributed by atoms with Gasteiger partial charge in [-0.05, 0) is 25.0 Å². The van der Waals surface area contributed by atoms with Crippen molar-refractivity contribution < 1.29 is 4.79 Å². The highest BCUT2D eigenvalue weighted by molar-refractivity contribution is 6.18. The Kier molecular flexibility index (Phi) is 2.37. The van der Waals surface area contributed by atoms with E-state index in [0.29, 0.717) is 6.54 Å². The molecule has 1 fully saturated rings. The monoisotopic (exact) mass is 240 g/mol. The Bertz CT molecular complexity index is 561. The fourth-order valence-corrected chi connectivity index (χ4v) is 3.10. The fraction of sp³-hybridized carbons (Fsp3) is 0.333. The van der Waals surface area contributed by atoms with E-state index in [4.69, 9.17) is 0 Å². The van der Waals surface area contributed by atoms with E-state index in [1.165, 1.54) is 0 Å². The van der Waals surface area contributed by atoms with Crippen LogP contribution in [0.5, 0.6) is 0 Å². The standard InChI is InChI=1S/C15H16N2O/c1-3-9-17-10-8-15(14(17)18)11(2)16-13-7-5-4-6-12(13)15/h3-7H,1,8-10H2,2H3. The molecule has 18 heavy (non-hydrogen) atoms. The molecule has 92 valence electrons. The zero-order valence-corrected chi connectivity index (χ0v) is 10.5. The summed E-state index contributed by atoms with van der Waals surface area (Å²) < 4.78 is 0. The van der Waals surface area contributed by atoms with Gasteiger partial charge in [0.15, 0.2) is 0 Å². The third-order valence-electron chi connectivity index (χ3n) is 4.03. The van der Waals surface area contributed by atoms with Gasteiger partial charge in [-0.3, -0.25) is 9.79 Å². The Morgan fingerprint density at radius 2 is 2.28 bits per heavy atom. The van der Waals surface area contributed by atoms with Gasteiger partial charge in [-0.2, -0.15) is 0 Å². The van der Waals surface area contributed by atoms with Gasteiger partial charge in [0.05, 0.1) is 5.69 Å². The van der Waals surface area contributed by atoms with Crippen LogP contribution in [0.15, 0.2) is 41.9 Å². The lowest BCUT2D eigenvalue weighted by molar-refractivity contribution is -0.130. The Morgan fingerprint density at radius 1 is 1.50 bits per heavy atom. The van der Waals surface area contributed by atoms with Crippen molar-refractivity contribution in [3.05, 3.63) is 42.5 Å². The minimum atomic E-state index is -0.500. The Balaban J connectivity index is 2.10. The van der Waals surface area contributed by atoms with E-state index in [1.54, 1.807) is 6.08 Å². The van der Waals surface area contributed by atoms with Crippen molar-refractivity contribution in [2.75, 3.05) is 13.1 Å². The maximum Gasteiger partial charge on any atom is 0.239 e. The van der Waals surface area contributed by atoms with Gasteiger partial charge in [-0.1, -0.05) is 24.3 Å². The zero-order valence-electron chi connectivity index (χ0n) is 10.5. The van der Waals surface area contributed by atoms with E-state index in [1.807, 2.05) is 36.1 Å². The maximum atomic E-state index is 12.7. The van der Waals surface area contributed by atoms with Crippen LogP contribution in [0.1, 0.15) is 18.9 Å². The van der Waals surface area contributed by atoms with Crippen LogP contribution >= 0.6 is 0 Å². The molecule has 3 heteroatoms. The summed E-state index contributed by atoms with van der Waals surface area (Å²) in [6.07, 6.45) is 2.61. The third kappa shape index (κ3) is 1.24. The molecule has 0 aliphatic carbocycles. The van der Waals surface area contributed by atoms with E-state index in [9.17, 15) is 4.79 Å². The summed E-state index contributed by atoms with van der Waals surface area (Å²) in [7, 11) is 0. The minimum absolute atomic E-state index is 0.175. The second kappa shape index (κ2) is 3.80. The number of rotatable bonds is 2. The topological polar surface area (TPSA) is 32.7 Å². The average molecular weight is 240 g/mol. The SMILES string of the molecule is C=CCN1CCC2(C1=O)C(C)=Nc1ccccc12. The highest BCUT2D eigenvalue weighted by atomic mass is 16.2. The van der Waals surface area contributed by atoms with E-state index in [0.717, 1.165) is 29.9 Å². The quantitative estimate of drug-likeness (QED) is 0.731. The normalized spacial score (nSPS) is 25.5. The van der Waals surface area contributed by atoms with Gasteiger partial charge < -0.3 is 4.90 Å². The molecule has 0 aromatic heterocycles. The van der Waals surface area contributed by atoms with Gasteiger partial charge in [0, 0.05) is 18.8 Å². The van der Waals surface area contributed by atoms with Crippen LogP contribution in [0.2, 0.25) is 0 Å². The highest BCUT2D eigenvalue weighted by Gasteiger charge is 2.53. The number of likely N-dealkylation sites (tertiary alicyclic amines) is 1. The van der Waals surface area contributed by atoms with Crippen LogP contribution in [0.3, 0.4) is 0 Å². The summed E-state index contributed by atoms with van der Waals surface area (Å²) in [6.45, 7) is 7.09. The first kappa shape index (κ1) is 11.2. The molecule has 1 spiro atoms. The zero-order chi connectivity index (χ0) is 12.8. The average Bonchev–Trinajstić information content (AvgIpc) is 2.84. The Hall–Kier alpha value is -1.90. The first-order valence-corrected chi connectivity index (χ1v) is 6.25. The molecule has 0 saturated carbocycles. The molecule has 2 heterocycles. The number of amides is 1. The number of nitrogens with zero attached hydrogens (tertiary/aromatic N) is 2. The van der Waals surface area contributed by atoms with Crippen LogP contribution < -0.4 is 0 Å². The molecule has 1 aromatic carbocycles. The van der Waals surface area contributed by atoms with Crippen molar-refractivity contribution in [1.29, 1.82) is 0 Å². The second-order valence-electron chi connectivity index (χ2n) is 4.91. The number of hydrogen-bond donors (Lipinski definition) is 0. The van der Waals surface area contributed by atoms with Crippen LogP contribution in [0.25, 0.3) is 0 Å². The minimum Gasteiger partial charge on any atom is -0.338 e. The fourth-order valence-electron chi connectivity index (χ4n) is 3.10. The summed E-state index contributed by atoms with van der Waals surface area (Å²) in [6, 6.07) is 7.97. The van der Waals surface area contributed by atoms with Gasteiger partial charge in [0.1, 0.15) is 5.41 Å². The highest BCUT2D eigenvalue weighted by Crippen LogP contribution is 2.46. The maximum absolute atomic E-state index is 12.7. The van der Waals surface area contributed by atoms with Crippen molar-refractivity contribution >= 4 is 17.3 Å². The first-order valence-electron chi connectivity index (χ1n) is 6.25. The second-order valence-corrected chi connectivity index (χ2v) is 4.91.